The van der Waals surface area contributed by atoms with Gasteiger partial charge in [-0.1, -0.05) is 0 Å². The van der Waals surface area contributed by atoms with Gasteiger partial charge in [-0.2, -0.15) is 0 Å². The lowest BCUT2D eigenvalue weighted by Crippen LogP contribution is -2.47. The van der Waals surface area contributed by atoms with Crippen LogP contribution in [-0.4, -0.2) is 35.2 Å². The number of aliphatic hydroxyl groups is 1. The molecule has 0 spiro atoms. The molecule has 0 radical (unpaired) electrons. The molecule has 20 heavy (non-hydrogen) atoms. The van der Waals surface area contributed by atoms with Gasteiger partial charge in [0, 0.05) is 12.6 Å². The van der Waals surface area contributed by atoms with Crippen molar-refractivity contribution in [2.75, 3.05) is 13.7 Å². The lowest BCUT2D eigenvalue weighted by Gasteiger charge is -2.36. The summed E-state index contributed by atoms with van der Waals surface area (Å²) in [5.74, 6) is -0.283. The molecule has 1 amide bonds. The van der Waals surface area contributed by atoms with Crippen LogP contribution in [0.1, 0.15) is 29.6 Å². The van der Waals surface area contributed by atoms with E-state index in [-0.39, 0.29) is 23.5 Å². The number of nitro groups is 1. The van der Waals surface area contributed by atoms with Crippen molar-refractivity contribution in [3.63, 3.8) is 0 Å². The third kappa shape index (κ3) is 2.88. The third-order valence-corrected chi connectivity index (χ3v) is 3.50. The summed E-state index contributed by atoms with van der Waals surface area (Å²) in [6, 6.07) is 3.79. The number of benzene rings is 1. The molecule has 0 saturated heterocycles. The second-order valence-electron chi connectivity index (χ2n) is 4.90. The van der Waals surface area contributed by atoms with E-state index < -0.39 is 16.4 Å². The maximum atomic E-state index is 12.0. The van der Waals surface area contributed by atoms with E-state index in [4.69, 9.17) is 4.74 Å². The fraction of sp³-hybridized carbons (Fsp3) is 0.462. The lowest BCUT2D eigenvalue weighted by molar-refractivity contribution is -0.384. The molecule has 0 heterocycles. The van der Waals surface area contributed by atoms with Gasteiger partial charge in [0.05, 0.1) is 29.3 Å². The molecule has 0 aromatic heterocycles. The minimum atomic E-state index is -0.816. The summed E-state index contributed by atoms with van der Waals surface area (Å²) in [7, 11) is 1.34. The number of hydrogen-bond donors (Lipinski definition) is 2. The van der Waals surface area contributed by atoms with Crippen LogP contribution < -0.4 is 10.1 Å². The van der Waals surface area contributed by atoms with E-state index in [2.05, 4.69) is 5.32 Å². The Morgan fingerprint density at radius 2 is 2.25 bits per heavy atom. The number of hydrogen-bond acceptors (Lipinski definition) is 5. The summed E-state index contributed by atoms with van der Waals surface area (Å²) >= 11 is 0. The Morgan fingerprint density at radius 1 is 1.55 bits per heavy atom. The Bertz CT molecular complexity index is 540. The number of non-ortho nitro benzene ring substituents is 1. The number of nitro benzene ring substituents is 1. The second-order valence-corrected chi connectivity index (χ2v) is 4.90. The number of nitrogens with one attached hydrogen (secondary N) is 1. The zero-order valence-electron chi connectivity index (χ0n) is 11.1. The lowest BCUT2D eigenvalue weighted by atomic mass is 9.80. The van der Waals surface area contributed by atoms with E-state index in [0.29, 0.717) is 12.8 Å². The predicted octanol–water partition coefficient (Wildman–Crippen LogP) is 1.25. The molecule has 0 atom stereocenters. The van der Waals surface area contributed by atoms with Crippen LogP contribution in [-0.2, 0) is 0 Å². The molecule has 0 unspecified atom stereocenters. The highest BCUT2D eigenvalue weighted by atomic mass is 16.6. The molecule has 0 aliphatic heterocycles. The highest BCUT2D eigenvalue weighted by Crippen LogP contribution is 2.31. The zero-order chi connectivity index (χ0) is 14.8. The molecule has 1 aromatic rings. The van der Waals surface area contributed by atoms with Gasteiger partial charge in [0.25, 0.3) is 11.6 Å². The molecule has 7 nitrogen and oxygen atoms in total. The monoisotopic (exact) mass is 280 g/mol. The predicted molar refractivity (Wildman–Crippen MR) is 70.8 cm³/mol. The maximum absolute atomic E-state index is 12.0. The van der Waals surface area contributed by atoms with Crippen molar-refractivity contribution < 1.29 is 19.6 Å². The number of ether oxygens (including phenoxy) is 1. The third-order valence-electron chi connectivity index (χ3n) is 3.50. The Kier molecular flexibility index (Phi) is 3.89. The first kappa shape index (κ1) is 14.3. The van der Waals surface area contributed by atoms with Crippen molar-refractivity contribution in [2.24, 2.45) is 0 Å². The molecule has 1 aromatic carbocycles. The molecule has 0 bridgehead atoms. The van der Waals surface area contributed by atoms with Crippen LogP contribution in [0.2, 0.25) is 0 Å². The van der Waals surface area contributed by atoms with Gasteiger partial charge in [0.1, 0.15) is 5.75 Å². The highest BCUT2D eigenvalue weighted by Gasteiger charge is 2.34. The number of amides is 1. The van der Waals surface area contributed by atoms with Crippen molar-refractivity contribution in [2.45, 2.75) is 24.9 Å². The minimum absolute atomic E-state index is 0.136. The minimum Gasteiger partial charge on any atom is -0.496 e. The summed E-state index contributed by atoms with van der Waals surface area (Å²) in [5, 5.41) is 23.2. The average Bonchev–Trinajstić information content (AvgIpc) is 2.41. The van der Waals surface area contributed by atoms with E-state index in [9.17, 15) is 20.0 Å². The molecule has 1 aliphatic rings. The Labute approximate surface area is 115 Å². The zero-order valence-corrected chi connectivity index (χ0v) is 11.1. The van der Waals surface area contributed by atoms with Gasteiger partial charge in [-0.3, -0.25) is 14.9 Å². The van der Waals surface area contributed by atoms with Gasteiger partial charge in [-0.05, 0) is 25.3 Å². The SMILES string of the molecule is COc1cc([N+](=O)[O-])ccc1C(=O)NCC1(O)CCC1. The number of methoxy groups -OCH3 is 1. The summed E-state index contributed by atoms with van der Waals surface area (Å²) < 4.78 is 5.00. The Morgan fingerprint density at radius 3 is 2.75 bits per heavy atom. The topological polar surface area (TPSA) is 102 Å². The summed E-state index contributed by atoms with van der Waals surface area (Å²) in [4.78, 5) is 22.1. The molecule has 2 N–H and O–H groups in total. The number of rotatable bonds is 5. The Balaban J connectivity index is 2.10. The van der Waals surface area contributed by atoms with E-state index in [1.807, 2.05) is 0 Å². The van der Waals surface area contributed by atoms with E-state index in [1.54, 1.807) is 0 Å². The van der Waals surface area contributed by atoms with Gasteiger partial charge in [-0.15, -0.1) is 0 Å². The van der Waals surface area contributed by atoms with Gasteiger partial charge in [0.15, 0.2) is 0 Å². The first-order chi connectivity index (χ1) is 9.45. The van der Waals surface area contributed by atoms with Crippen molar-refractivity contribution in [1.82, 2.24) is 5.32 Å². The molecular weight excluding hydrogens is 264 g/mol. The van der Waals surface area contributed by atoms with Crippen LogP contribution in [0.4, 0.5) is 5.69 Å². The normalized spacial score (nSPS) is 16.1. The van der Waals surface area contributed by atoms with Gasteiger partial charge >= 0.3 is 0 Å². The maximum Gasteiger partial charge on any atom is 0.273 e. The van der Waals surface area contributed by atoms with Crippen LogP contribution in [0.25, 0.3) is 0 Å². The number of carbonyl (C=O) groups excluding carboxylic acids is 1. The molecular formula is C13H16N2O5. The van der Waals surface area contributed by atoms with Crippen LogP contribution in [0.3, 0.4) is 0 Å². The largest absolute Gasteiger partial charge is 0.496 e. The van der Waals surface area contributed by atoms with E-state index in [0.717, 1.165) is 6.42 Å². The standard InChI is InChI=1S/C13H16N2O5/c1-20-11-7-9(15(18)19)3-4-10(11)12(16)14-8-13(17)5-2-6-13/h3-4,7,17H,2,5-6,8H2,1H3,(H,14,16). The summed E-state index contributed by atoms with van der Waals surface area (Å²) in [5.41, 5.74) is -0.749. The molecule has 1 aliphatic carbocycles. The first-order valence-electron chi connectivity index (χ1n) is 6.28. The number of carbonyl (C=O) groups is 1. The van der Waals surface area contributed by atoms with E-state index in [1.165, 1.54) is 25.3 Å². The number of nitrogens with zero attached hydrogens (tertiary/aromatic N) is 1. The van der Waals surface area contributed by atoms with Crippen LogP contribution in [0, 0.1) is 10.1 Å². The molecule has 108 valence electrons. The van der Waals surface area contributed by atoms with Crippen molar-refractivity contribution >= 4 is 11.6 Å². The summed E-state index contributed by atoms with van der Waals surface area (Å²) in [6.07, 6.45) is 2.29. The second kappa shape index (κ2) is 5.46. The quantitative estimate of drug-likeness (QED) is 0.624. The fourth-order valence-electron chi connectivity index (χ4n) is 2.08. The molecule has 2 rings (SSSR count). The molecule has 1 saturated carbocycles. The summed E-state index contributed by atoms with van der Waals surface area (Å²) in [6.45, 7) is 0.173. The van der Waals surface area contributed by atoms with Crippen molar-refractivity contribution in [3.8, 4) is 5.75 Å². The van der Waals surface area contributed by atoms with E-state index >= 15 is 0 Å². The van der Waals surface area contributed by atoms with Crippen LogP contribution in [0.5, 0.6) is 5.75 Å². The van der Waals surface area contributed by atoms with Crippen molar-refractivity contribution in [3.05, 3.63) is 33.9 Å². The van der Waals surface area contributed by atoms with Crippen LogP contribution >= 0.6 is 0 Å². The van der Waals surface area contributed by atoms with Crippen LogP contribution in [0.15, 0.2) is 18.2 Å². The van der Waals surface area contributed by atoms with Gasteiger partial charge in [-0.25, -0.2) is 0 Å². The average molecular weight is 280 g/mol. The highest BCUT2D eigenvalue weighted by molar-refractivity contribution is 5.97. The van der Waals surface area contributed by atoms with Gasteiger partial charge < -0.3 is 15.2 Å². The molecule has 7 heteroatoms. The fourth-order valence-corrected chi connectivity index (χ4v) is 2.08. The Hall–Kier alpha value is -2.15. The van der Waals surface area contributed by atoms with Crippen molar-refractivity contribution in [1.29, 1.82) is 0 Å². The molecule has 1 fully saturated rings. The first-order valence-corrected chi connectivity index (χ1v) is 6.28. The van der Waals surface area contributed by atoms with Gasteiger partial charge in [0.2, 0.25) is 0 Å². The smallest absolute Gasteiger partial charge is 0.273 e.